The van der Waals surface area contributed by atoms with Crippen molar-refractivity contribution >= 4 is 0 Å². The van der Waals surface area contributed by atoms with Gasteiger partial charge in [-0.3, -0.25) is 4.79 Å². The monoisotopic (exact) mass is 430 g/mol. The summed E-state index contributed by atoms with van der Waals surface area (Å²) in [6.07, 6.45) is -2.07. The SMILES string of the molecule is Cc1c(F)cccc1-n1nccc1-c1nn(-c2cccc(OC(F)(F)F)c2)ccc1=O. The average Bonchev–Trinajstić information content (AvgIpc) is 3.18. The van der Waals surface area contributed by atoms with Crippen LogP contribution < -0.4 is 10.2 Å². The molecule has 0 amide bonds. The molecule has 4 rings (SSSR count). The maximum Gasteiger partial charge on any atom is 0.573 e. The van der Waals surface area contributed by atoms with Crippen LogP contribution in [0.4, 0.5) is 17.6 Å². The minimum absolute atomic E-state index is 0.00851. The third kappa shape index (κ3) is 4.18. The van der Waals surface area contributed by atoms with Gasteiger partial charge in [-0.15, -0.1) is 13.2 Å². The minimum atomic E-state index is -4.84. The van der Waals surface area contributed by atoms with Crippen molar-refractivity contribution in [1.29, 1.82) is 0 Å². The number of ether oxygens (including phenoxy) is 1. The lowest BCUT2D eigenvalue weighted by molar-refractivity contribution is -0.274. The van der Waals surface area contributed by atoms with Gasteiger partial charge in [-0.05, 0) is 37.3 Å². The van der Waals surface area contributed by atoms with Crippen LogP contribution in [0.5, 0.6) is 5.75 Å². The molecule has 0 fully saturated rings. The summed E-state index contributed by atoms with van der Waals surface area (Å²) in [5.41, 5.74) is 0.866. The van der Waals surface area contributed by atoms with E-state index in [1.165, 1.54) is 52.1 Å². The number of halogens is 4. The van der Waals surface area contributed by atoms with E-state index in [0.717, 1.165) is 12.1 Å². The Hall–Kier alpha value is -3.95. The Morgan fingerprint density at radius 1 is 1.03 bits per heavy atom. The Kier molecular flexibility index (Phi) is 5.05. The largest absolute Gasteiger partial charge is 0.573 e. The van der Waals surface area contributed by atoms with Gasteiger partial charge in [0.1, 0.15) is 11.6 Å². The fraction of sp³-hybridized carbons (Fsp3) is 0.0952. The molecular formula is C21H14F4N4O2. The summed E-state index contributed by atoms with van der Waals surface area (Å²) in [6, 6.07) is 12.4. The second-order valence-electron chi connectivity index (χ2n) is 6.53. The molecule has 0 N–H and O–H groups in total. The first kappa shape index (κ1) is 20.3. The highest BCUT2D eigenvalue weighted by atomic mass is 19.4. The molecule has 31 heavy (non-hydrogen) atoms. The van der Waals surface area contributed by atoms with E-state index in [2.05, 4.69) is 14.9 Å². The Morgan fingerprint density at radius 3 is 2.58 bits per heavy atom. The standard InChI is InChI=1S/C21H14F4N4O2/c1-13-16(22)6-3-7-17(13)29-18(8-10-26-29)20-19(30)9-11-28(27-20)14-4-2-5-15(12-14)31-21(23,24)25/h2-12H,1H3. The van der Waals surface area contributed by atoms with Crippen molar-refractivity contribution in [1.82, 2.24) is 19.6 Å². The predicted molar refractivity (Wildman–Crippen MR) is 104 cm³/mol. The summed E-state index contributed by atoms with van der Waals surface area (Å²) in [6.45, 7) is 1.58. The van der Waals surface area contributed by atoms with E-state index >= 15 is 0 Å². The van der Waals surface area contributed by atoms with Gasteiger partial charge in [-0.25, -0.2) is 13.8 Å². The smallest absolute Gasteiger partial charge is 0.406 e. The molecule has 0 unspecified atom stereocenters. The van der Waals surface area contributed by atoms with Gasteiger partial charge < -0.3 is 4.74 Å². The second-order valence-corrected chi connectivity index (χ2v) is 6.53. The second kappa shape index (κ2) is 7.71. The predicted octanol–water partition coefficient (Wildman–Crippen LogP) is 4.43. The molecule has 0 spiro atoms. The molecule has 0 bridgehead atoms. The molecule has 2 aromatic heterocycles. The number of hydrogen-bond donors (Lipinski definition) is 0. The summed E-state index contributed by atoms with van der Waals surface area (Å²) in [4.78, 5) is 12.5. The lowest BCUT2D eigenvalue weighted by Crippen LogP contribution is -2.18. The van der Waals surface area contributed by atoms with Crippen LogP contribution in [0, 0.1) is 12.7 Å². The van der Waals surface area contributed by atoms with Gasteiger partial charge in [0.15, 0.2) is 5.69 Å². The molecular weight excluding hydrogens is 416 g/mol. The van der Waals surface area contributed by atoms with Crippen LogP contribution in [0.15, 0.2) is 71.8 Å². The lowest BCUT2D eigenvalue weighted by atomic mass is 10.2. The van der Waals surface area contributed by atoms with Gasteiger partial charge in [0.2, 0.25) is 5.43 Å². The van der Waals surface area contributed by atoms with Crippen molar-refractivity contribution in [3.8, 4) is 28.5 Å². The van der Waals surface area contributed by atoms with Crippen molar-refractivity contribution in [2.45, 2.75) is 13.3 Å². The molecule has 0 saturated heterocycles. The number of hydrogen-bond acceptors (Lipinski definition) is 4. The molecule has 0 atom stereocenters. The first-order chi connectivity index (χ1) is 14.7. The zero-order valence-electron chi connectivity index (χ0n) is 16.0. The molecule has 0 saturated carbocycles. The molecule has 0 radical (unpaired) electrons. The topological polar surface area (TPSA) is 61.9 Å². The van der Waals surface area contributed by atoms with Gasteiger partial charge in [-0.1, -0.05) is 12.1 Å². The van der Waals surface area contributed by atoms with Crippen molar-refractivity contribution in [3.05, 3.63) is 88.6 Å². The van der Waals surface area contributed by atoms with Gasteiger partial charge in [-0.2, -0.15) is 10.2 Å². The number of alkyl halides is 3. The van der Waals surface area contributed by atoms with E-state index in [4.69, 9.17) is 0 Å². The van der Waals surface area contributed by atoms with Crippen LogP contribution in [-0.4, -0.2) is 25.9 Å². The number of benzene rings is 2. The van der Waals surface area contributed by atoms with Gasteiger partial charge in [0.05, 0.1) is 23.3 Å². The quantitative estimate of drug-likeness (QED) is 0.450. The zero-order valence-corrected chi connectivity index (χ0v) is 16.0. The highest BCUT2D eigenvalue weighted by molar-refractivity contribution is 5.58. The fourth-order valence-corrected chi connectivity index (χ4v) is 3.05. The van der Waals surface area contributed by atoms with E-state index in [0.29, 0.717) is 16.9 Å². The lowest BCUT2D eigenvalue weighted by Gasteiger charge is -2.13. The van der Waals surface area contributed by atoms with Crippen LogP contribution in [0.1, 0.15) is 5.56 Å². The number of aromatic nitrogens is 4. The summed E-state index contributed by atoms with van der Waals surface area (Å²) >= 11 is 0. The Balaban J connectivity index is 1.80. The Morgan fingerprint density at radius 2 is 1.81 bits per heavy atom. The van der Waals surface area contributed by atoms with Crippen LogP contribution >= 0.6 is 0 Å². The maximum atomic E-state index is 14.0. The van der Waals surface area contributed by atoms with E-state index in [1.807, 2.05) is 0 Å². The minimum Gasteiger partial charge on any atom is -0.406 e. The summed E-state index contributed by atoms with van der Waals surface area (Å²) in [5.74, 6) is -0.855. The molecule has 4 aromatic rings. The molecule has 10 heteroatoms. The number of rotatable bonds is 4. The van der Waals surface area contributed by atoms with Crippen LogP contribution in [0.3, 0.4) is 0 Å². The molecule has 0 aliphatic heterocycles. The average molecular weight is 430 g/mol. The zero-order chi connectivity index (χ0) is 22.2. The molecule has 2 aromatic carbocycles. The van der Waals surface area contributed by atoms with E-state index in [-0.39, 0.29) is 11.4 Å². The van der Waals surface area contributed by atoms with Crippen LogP contribution in [-0.2, 0) is 0 Å². The first-order valence-electron chi connectivity index (χ1n) is 8.99. The first-order valence-corrected chi connectivity index (χ1v) is 8.99. The van der Waals surface area contributed by atoms with Crippen LogP contribution in [0.25, 0.3) is 22.8 Å². The molecule has 6 nitrogen and oxygen atoms in total. The fourth-order valence-electron chi connectivity index (χ4n) is 3.05. The summed E-state index contributed by atoms with van der Waals surface area (Å²) < 4.78 is 58.1. The van der Waals surface area contributed by atoms with Crippen LogP contribution in [0.2, 0.25) is 0 Å². The van der Waals surface area contributed by atoms with E-state index in [1.54, 1.807) is 19.1 Å². The summed E-state index contributed by atoms with van der Waals surface area (Å²) in [5, 5.41) is 8.45. The van der Waals surface area contributed by atoms with Crippen molar-refractivity contribution < 1.29 is 22.3 Å². The van der Waals surface area contributed by atoms with Crippen molar-refractivity contribution in [2.75, 3.05) is 0 Å². The normalized spacial score (nSPS) is 11.5. The van der Waals surface area contributed by atoms with Gasteiger partial charge >= 0.3 is 6.36 Å². The number of nitrogens with zero attached hydrogens (tertiary/aromatic N) is 4. The molecule has 0 aliphatic carbocycles. The molecule has 0 aliphatic rings. The van der Waals surface area contributed by atoms with E-state index in [9.17, 15) is 22.4 Å². The Bertz CT molecular complexity index is 1310. The van der Waals surface area contributed by atoms with Gasteiger partial charge in [0.25, 0.3) is 0 Å². The highest BCUT2D eigenvalue weighted by Gasteiger charge is 2.31. The third-order valence-electron chi connectivity index (χ3n) is 4.48. The molecule has 158 valence electrons. The highest BCUT2D eigenvalue weighted by Crippen LogP contribution is 2.25. The summed E-state index contributed by atoms with van der Waals surface area (Å²) in [7, 11) is 0. The maximum absolute atomic E-state index is 14.0. The Labute approximate surface area is 172 Å². The van der Waals surface area contributed by atoms with E-state index < -0.39 is 23.4 Å². The van der Waals surface area contributed by atoms with Crippen molar-refractivity contribution in [2.24, 2.45) is 0 Å². The third-order valence-corrected chi connectivity index (χ3v) is 4.48. The van der Waals surface area contributed by atoms with Crippen molar-refractivity contribution in [3.63, 3.8) is 0 Å². The van der Waals surface area contributed by atoms with Gasteiger partial charge in [0, 0.05) is 23.9 Å². The molecule has 2 heterocycles.